The van der Waals surface area contributed by atoms with E-state index in [2.05, 4.69) is 20.9 Å². The molecule has 0 aliphatic carbocycles. The number of carbonyl (C=O) groups excluding carboxylic acids is 1. The molecule has 0 spiro atoms. The van der Waals surface area contributed by atoms with E-state index in [0.29, 0.717) is 47.7 Å². The summed E-state index contributed by atoms with van der Waals surface area (Å²) in [5, 5.41) is 9.70. The van der Waals surface area contributed by atoms with Gasteiger partial charge >= 0.3 is 0 Å². The summed E-state index contributed by atoms with van der Waals surface area (Å²) in [7, 11) is 3.24. The molecule has 8 heteroatoms. The number of halogens is 1. The lowest BCUT2D eigenvalue weighted by Gasteiger charge is -2.12. The van der Waals surface area contributed by atoms with Crippen molar-refractivity contribution < 1.29 is 14.3 Å². The summed E-state index contributed by atoms with van der Waals surface area (Å²) < 4.78 is 10.6. The van der Waals surface area contributed by atoms with Crippen LogP contribution in [0.1, 0.15) is 22.8 Å². The molecule has 0 radical (unpaired) electrons. The quantitative estimate of drug-likeness (QED) is 0.305. The number of guanidine groups is 1. The van der Waals surface area contributed by atoms with Crippen LogP contribution in [0.3, 0.4) is 0 Å². The minimum atomic E-state index is -0.196. The van der Waals surface area contributed by atoms with Gasteiger partial charge in [-0.05, 0) is 43.2 Å². The van der Waals surface area contributed by atoms with E-state index in [9.17, 15) is 4.79 Å². The minimum Gasteiger partial charge on any atom is -0.493 e. The number of hydrogen-bond donors (Lipinski definition) is 3. The van der Waals surface area contributed by atoms with Crippen molar-refractivity contribution in [1.29, 1.82) is 0 Å². The van der Waals surface area contributed by atoms with Crippen molar-refractivity contribution in [1.82, 2.24) is 16.0 Å². The van der Waals surface area contributed by atoms with Crippen molar-refractivity contribution in [3.63, 3.8) is 0 Å². The van der Waals surface area contributed by atoms with Crippen LogP contribution in [0.5, 0.6) is 11.5 Å². The number of ether oxygens (including phenoxy) is 2. The smallest absolute Gasteiger partial charge is 0.252 e. The van der Waals surface area contributed by atoms with Crippen molar-refractivity contribution in [2.24, 2.45) is 4.99 Å². The minimum absolute atomic E-state index is 0.196. The lowest BCUT2D eigenvalue weighted by atomic mass is 10.1. The Morgan fingerprint density at radius 3 is 2.43 bits per heavy atom. The van der Waals surface area contributed by atoms with Gasteiger partial charge < -0.3 is 25.4 Å². The fraction of sp³-hybridized carbons (Fsp3) is 0.364. The van der Waals surface area contributed by atoms with Crippen molar-refractivity contribution >= 4 is 23.5 Å². The molecule has 2 rings (SSSR count). The van der Waals surface area contributed by atoms with Gasteiger partial charge in [0.2, 0.25) is 0 Å². The van der Waals surface area contributed by atoms with Gasteiger partial charge in [-0.15, -0.1) is 0 Å². The summed E-state index contributed by atoms with van der Waals surface area (Å²) in [6, 6.07) is 12.8. The Kier molecular flexibility index (Phi) is 9.80. The van der Waals surface area contributed by atoms with Crippen LogP contribution in [0.15, 0.2) is 47.5 Å². The van der Waals surface area contributed by atoms with Gasteiger partial charge in [0.05, 0.1) is 24.8 Å². The molecule has 0 bridgehead atoms. The van der Waals surface area contributed by atoms with Crippen molar-refractivity contribution in [2.75, 3.05) is 40.4 Å². The van der Waals surface area contributed by atoms with E-state index in [1.165, 1.54) is 0 Å². The molecule has 162 valence electrons. The van der Waals surface area contributed by atoms with E-state index in [1.807, 2.05) is 25.1 Å². The van der Waals surface area contributed by atoms with Crippen LogP contribution in [-0.4, -0.2) is 52.3 Å². The highest BCUT2D eigenvalue weighted by Crippen LogP contribution is 2.27. The van der Waals surface area contributed by atoms with Crippen LogP contribution in [0.25, 0.3) is 0 Å². The number of amides is 1. The number of rotatable bonds is 10. The summed E-state index contributed by atoms with van der Waals surface area (Å²) in [5.41, 5.74) is 1.58. The van der Waals surface area contributed by atoms with Crippen LogP contribution >= 0.6 is 11.6 Å². The first-order chi connectivity index (χ1) is 14.6. The Bertz CT molecular complexity index is 858. The fourth-order valence-corrected chi connectivity index (χ4v) is 2.99. The molecule has 1 amide bonds. The van der Waals surface area contributed by atoms with Gasteiger partial charge in [-0.3, -0.25) is 9.79 Å². The van der Waals surface area contributed by atoms with Gasteiger partial charge in [0, 0.05) is 26.2 Å². The molecule has 0 heterocycles. The van der Waals surface area contributed by atoms with Crippen molar-refractivity contribution in [2.45, 2.75) is 13.3 Å². The number of methoxy groups -OCH3 is 2. The Morgan fingerprint density at radius 2 is 1.73 bits per heavy atom. The zero-order chi connectivity index (χ0) is 21.8. The molecule has 30 heavy (non-hydrogen) atoms. The van der Waals surface area contributed by atoms with Gasteiger partial charge in [-0.25, -0.2) is 0 Å². The highest BCUT2D eigenvalue weighted by molar-refractivity contribution is 6.33. The maximum atomic E-state index is 12.2. The second kappa shape index (κ2) is 12.6. The topological polar surface area (TPSA) is 84.0 Å². The second-order valence-corrected chi connectivity index (χ2v) is 6.77. The predicted molar refractivity (Wildman–Crippen MR) is 121 cm³/mol. The van der Waals surface area contributed by atoms with E-state index in [4.69, 9.17) is 21.1 Å². The molecule has 0 fully saturated rings. The van der Waals surface area contributed by atoms with E-state index in [0.717, 1.165) is 18.5 Å². The summed E-state index contributed by atoms with van der Waals surface area (Å²) >= 11 is 6.05. The van der Waals surface area contributed by atoms with Crippen LogP contribution in [0.2, 0.25) is 5.02 Å². The third kappa shape index (κ3) is 7.15. The first-order valence-electron chi connectivity index (χ1n) is 9.84. The maximum absolute atomic E-state index is 12.2. The lowest BCUT2D eigenvalue weighted by molar-refractivity contribution is 0.0954. The molecule has 2 aromatic carbocycles. The van der Waals surface area contributed by atoms with E-state index in [-0.39, 0.29) is 5.91 Å². The SMILES string of the molecule is CCNC(=NCCc1ccc(OC)c(OC)c1)NCCNC(=O)c1ccccc1Cl. The molecule has 7 nitrogen and oxygen atoms in total. The average Bonchev–Trinajstić information content (AvgIpc) is 2.76. The fourth-order valence-electron chi connectivity index (χ4n) is 2.77. The summed E-state index contributed by atoms with van der Waals surface area (Å²) in [4.78, 5) is 16.8. The Morgan fingerprint density at radius 1 is 1.00 bits per heavy atom. The van der Waals surface area contributed by atoms with E-state index < -0.39 is 0 Å². The number of carbonyl (C=O) groups is 1. The average molecular weight is 433 g/mol. The van der Waals surface area contributed by atoms with Crippen molar-refractivity contribution in [3.05, 3.63) is 58.6 Å². The molecular formula is C22H29ClN4O3. The Labute approximate surface area is 182 Å². The Hall–Kier alpha value is -2.93. The number of hydrogen-bond acceptors (Lipinski definition) is 4. The summed E-state index contributed by atoms with van der Waals surface area (Å²) in [5.74, 6) is 1.92. The van der Waals surface area contributed by atoms with Crippen LogP contribution in [0.4, 0.5) is 0 Å². The second-order valence-electron chi connectivity index (χ2n) is 6.36. The molecule has 2 aromatic rings. The van der Waals surface area contributed by atoms with Crippen molar-refractivity contribution in [3.8, 4) is 11.5 Å². The zero-order valence-electron chi connectivity index (χ0n) is 17.6. The van der Waals surface area contributed by atoms with Gasteiger partial charge in [0.25, 0.3) is 5.91 Å². The molecule has 0 aromatic heterocycles. The molecule has 0 aliphatic heterocycles. The molecule has 0 aliphatic rings. The van der Waals surface area contributed by atoms with E-state index >= 15 is 0 Å². The number of nitrogens with zero attached hydrogens (tertiary/aromatic N) is 1. The highest BCUT2D eigenvalue weighted by atomic mass is 35.5. The highest BCUT2D eigenvalue weighted by Gasteiger charge is 2.08. The lowest BCUT2D eigenvalue weighted by Crippen LogP contribution is -2.41. The zero-order valence-corrected chi connectivity index (χ0v) is 18.4. The molecular weight excluding hydrogens is 404 g/mol. The third-order valence-corrected chi connectivity index (χ3v) is 4.61. The Balaban J connectivity index is 1.81. The largest absolute Gasteiger partial charge is 0.493 e. The molecule has 0 atom stereocenters. The van der Waals surface area contributed by atoms with Gasteiger partial charge in [-0.1, -0.05) is 29.8 Å². The summed E-state index contributed by atoms with van der Waals surface area (Å²) in [6.45, 7) is 4.35. The van der Waals surface area contributed by atoms with Crippen LogP contribution in [0, 0.1) is 0 Å². The first-order valence-corrected chi connectivity index (χ1v) is 10.2. The molecule has 3 N–H and O–H groups in total. The van der Waals surface area contributed by atoms with Crippen LogP contribution < -0.4 is 25.4 Å². The molecule has 0 saturated carbocycles. The first kappa shape index (κ1) is 23.3. The standard InChI is InChI=1S/C22H29ClN4O3/c1-4-24-22(26-12-11-16-9-10-19(29-2)20(15-16)30-3)27-14-13-25-21(28)17-7-5-6-8-18(17)23/h5-10,15H,4,11-14H2,1-3H3,(H,25,28)(H2,24,26,27). The van der Waals surface area contributed by atoms with Crippen LogP contribution in [-0.2, 0) is 6.42 Å². The number of benzene rings is 2. The predicted octanol–water partition coefficient (Wildman–Crippen LogP) is 2.88. The molecule has 0 unspecified atom stereocenters. The maximum Gasteiger partial charge on any atom is 0.252 e. The van der Waals surface area contributed by atoms with Gasteiger partial charge in [0.1, 0.15) is 0 Å². The van der Waals surface area contributed by atoms with Gasteiger partial charge in [0.15, 0.2) is 17.5 Å². The van der Waals surface area contributed by atoms with E-state index in [1.54, 1.807) is 38.5 Å². The number of aliphatic imine (C=N–C) groups is 1. The van der Waals surface area contributed by atoms with Gasteiger partial charge in [-0.2, -0.15) is 0 Å². The summed E-state index contributed by atoms with van der Waals surface area (Å²) in [6.07, 6.45) is 0.764. The molecule has 0 saturated heterocycles. The monoisotopic (exact) mass is 432 g/mol. The normalized spacial score (nSPS) is 11.0. The number of nitrogens with one attached hydrogen (secondary N) is 3. The third-order valence-electron chi connectivity index (χ3n) is 4.28.